The van der Waals surface area contributed by atoms with E-state index >= 15 is 0 Å². The van der Waals surface area contributed by atoms with Crippen LogP contribution in [0.1, 0.15) is 24.0 Å². The highest BCUT2D eigenvalue weighted by Gasteiger charge is 2.30. The summed E-state index contributed by atoms with van der Waals surface area (Å²) in [7, 11) is 0. The van der Waals surface area contributed by atoms with Crippen LogP contribution in [0, 0.1) is 5.92 Å². The monoisotopic (exact) mass is 472 g/mol. The number of hydrogen-bond donors (Lipinski definition) is 2. The number of allylic oxidation sites excluding steroid dienone is 1. The number of aliphatic carboxylic acids is 2. The molecular formula is C22H27F3N2O6. The number of morpholine rings is 1. The number of carbonyl (C=O) groups is 3. The number of carboxylic acid groups (broad SMARTS) is 2. The van der Waals surface area contributed by atoms with Crippen molar-refractivity contribution in [2.75, 3.05) is 45.9 Å². The van der Waals surface area contributed by atoms with E-state index in [1.165, 1.54) is 12.1 Å². The van der Waals surface area contributed by atoms with E-state index in [4.69, 9.17) is 24.5 Å². The second-order valence-electron chi connectivity index (χ2n) is 7.70. The van der Waals surface area contributed by atoms with Gasteiger partial charge in [-0.25, -0.2) is 9.59 Å². The van der Waals surface area contributed by atoms with Crippen LogP contribution < -0.4 is 0 Å². The molecule has 0 aromatic heterocycles. The van der Waals surface area contributed by atoms with Crippen LogP contribution in [0.4, 0.5) is 13.2 Å². The van der Waals surface area contributed by atoms with Gasteiger partial charge in [0.05, 0.1) is 25.3 Å². The molecular weight excluding hydrogens is 445 g/mol. The maximum atomic E-state index is 12.6. The third-order valence-electron chi connectivity index (χ3n) is 5.34. The second-order valence-corrected chi connectivity index (χ2v) is 7.70. The van der Waals surface area contributed by atoms with Crippen LogP contribution in [0.15, 0.2) is 30.3 Å². The van der Waals surface area contributed by atoms with Crippen LogP contribution in [0.5, 0.6) is 0 Å². The van der Waals surface area contributed by atoms with Gasteiger partial charge in [0, 0.05) is 26.2 Å². The molecule has 2 heterocycles. The molecule has 182 valence electrons. The van der Waals surface area contributed by atoms with Gasteiger partial charge in [0.15, 0.2) is 0 Å². The Hall–Kier alpha value is -2.92. The molecule has 0 unspecified atom stereocenters. The fraction of sp³-hybridized carbons (Fsp3) is 0.500. The Bertz CT molecular complexity index is 816. The van der Waals surface area contributed by atoms with Crippen LogP contribution in [0.25, 0.3) is 6.08 Å². The summed E-state index contributed by atoms with van der Waals surface area (Å²) in [4.78, 5) is 34.6. The van der Waals surface area contributed by atoms with E-state index in [2.05, 4.69) is 4.90 Å². The lowest BCUT2D eigenvalue weighted by atomic mass is 9.95. The third kappa shape index (κ3) is 9.22. The van der Waals surface area contributed by atoms with E-state index < -0.39 is 23.7 Å². The van der Waals surface area contributed by atoms with Gasteiger partial charge in [-0.3, -0.25) is 9.69 Å². The van der Waals surface area contributed by atoms with E-state index in [1.807, 2.05) is 17.1 Å². The lowest BCUT2D eigenvalue weighted by Crippen LogP contribution is -2.46. The molecule has 2 N–H and O–H groups in total. The first-order valence-electron chi connectivity index (χ1n) is 10.5. The number of carboxylic acids is 2. The van der Waals surface area contributed by atoms with Crippen LogP contribution in [-0.4, -0.2) is 83.8 Å². The predicted octanol–water partition coefficient (Wildman–Crippen LogP) is 2.44. The first kappa shape index (κ1) is 26.3. The van der Waals surface area contributed by atoms with Gasteiger partial charge >= 0.3 is 18.1 Å². The van der Waals surface area contributed by atoms with Crippen molar-refractivity contribution in [3.8, 4) is 0 Å². The molecule has 0 radical (unpaired) electrons. The molecule has 0 aliphatic carbocycles. The Morgan fingerprint density at radius 2 is 1.52 bits per heavy atom. The van der Waals surface area contributed by atoms with Gasteiger partial charge in [-0.1, -0.05) is 24.3 Å². The maximum Gasteiger partial charge on any atom is 0.416 e. The van der Waals surface area contributed by atoms with Gasteiger partial charge in [0.25, 0.3) is 0 Å². The van der Waals surface area contributed by atoms with Gasteiger partial charge in [0.2, 0.25) is 5.91 Å². The normalized spacial score (nSPS) is 18.0. The zero-order valence-corrected chi connectivity index (χ0v) is 18.0. The molecule has 0 atom stereocenters. The van der Waals surface area contributed by atoms with Crippen molar-refractivity contribution in [1.82, 2.24) is 9.80 Å². The van der Waals surface area contributed by atoms with Crippen molar-refractivity contribution in [2.45, 2.75) is 19.0 Å². The number of nitrogens with zero attached hydrogens (tertiary/aromatic N) is 2. The number of carbonyl (C=O) groups excluding carboxylic acids is 1. The van der Waals surface area contributed by atoms with Crippen molar-refractivity contribution in [1.29, 1.82) is 0 Å². The molecule has 2 fully saturated rings. The molecule has 33 heavy (non-hydrogen) atoms. The number of likely N-dealkylation sites (tertiary alicyclic amines) is 1. The van der Waals surface area contributed by atoms with Gasteiger partial charge in [-0.2, -0.15) is 13.2 Å². The molecule has 0 bridgehead atoms. The Kier molecular flexibility index (Phi) is 9.86. The van der Waals surface area contributed by atoms with E-state index in [0.717, 1.165) is 56.7 Å². The summed E-state index contributed by atoms with van der Waals surface area (Å²) in [6, 6.07) is 5.18. The smallest absolute Gasteiger partial charge is 0.416 e. The van der Waals surface area contributed by atoms with E-state index in [-0.39, 0.29) is 5.91 Å². The van der Waals surface area contributed by atoms with Crippen molar-refractivity contribution in [3.05, 3.63) is 41.5 Å². The average molecular weight is 472 g/mol. The number of halogens is 3. The number of hydrogen-bond acceptors (Lipinski definition) is 5. The van der Waals surface area contributed by atoms with Crippen molar-refractivity contribution in [3.63, 3.8) is 0 Å². The molecule has 2 aliphatic rings. The molecule has 3 rings (SSSR count). The Morgan fingerprint density at radius 3 is 2.00 bits per heavy atom. The summed E-state index contributed by atoms with van der Waals surface area (Å²) in [6.45, 7) is 4.89. The number of benzene rings is 1. The van der Waals surface area contributed by atoms with E-state index in [1.54, 1.807) is 0 Å². The summed E-state index contributed by atoms with van der Waals surface area (Å²) >= 11 is 0. The Balaban J connectivity index is 0.000000569. The summed E-state index contributed by atoms with van der Waals surface area (Å²) in [5, 5.41) is 14.8. The van der Waals surface area contributed by atoms with Crippen LogP contribution in [0.3, 0.4) is 0 Å². The standard InChI is InChI=1S/C20H25F3N2O2.C2H2O4/c21-20(22,23)18-5-3-16(4-6-18)1-2-17-7-9-25(10-8-17)19(26)15-24-11-13-27-14-12-24;3-1(4)2(5)6/h1-6,17H,7-15H2;(H,3,4)(H,5,6)/b2-1+;. The van der Waals surface area contributed by atoms with Gasteiger partial charge in [-0.05, 0) is 36.5 Å². The summed E-state index contributed by atoms with van der Waals surface area (Å²) < 4.78 is 43.1. The molecule has 1 amide bonds. The highest BCUT2D eigenvalue weighted by molar-refractivity contribution is 6.27. The van der Waals surface area contributed by atoms with Crippen molar-refractivity contribution >= 4 is 23.9 Å². The lowest BCUT2D eigenvalue weighted by molar-refractivity contribution is -0.159. The van der Waals surface area contributed by atoms with Crippen molar-refractivity contribution in [2.24, 2.45) is 5.92 Å². The fourth-order valence-electron chi connectivity index (χ4n) is 3.42. The Labute approximate surface area is 189 Å². The first-order chi connectivity index (χ1) is 15.6. The highest BCUT2D eigenvalue weighted by Crippen LogP contribution is 2.29. The number of piperidine rings is 1. The third-order valence-corrected chi connectivity index (χ3v) is 5.34. The summed E-state index contributed by atoms with van der Waals surface area (Å²) in [5.41, 5.74) is 0.126. The van der Waals surface area contributed by atoms with Crippen LogP contribution >= 0.6 is 0 Å². The quantitative estimate of drug-likeness (QED) is 0.649. The molecule has 8 nitrogen and oxygen atoms in total. The maximum absolute atomic E-state index is 12.6. The largest absolute Gasteiger partial charge is 0.473 e. The van der Waals surface area contributed by atoms with Crippen LogP contribution in [-0.2, 0) is 25.3 Å². The number of ether oxygens (including phenoxy) is 1. The minimum absolute atomic E-state index is 0.169. The van der Waals surface area contributed by atoms with Crippen LogP contribution in [0.2, 0.25) is 0 Å². The van der Waals surface area contributed by atoms with Gasteiger partial charge in [-0.15, -0.1) is 0 Å². The molecule has 0 spiro atoms. The molecule has 2 aliphatic heterocycles. The fourth-order valence-corrected chi connectivity index (χ4v) is 3.42. The molecule has 11 heteroatoms. The topological polar surface area (TPSA) is 107 Å². The highest BCUT2D eigenvalue weighted by atomic mass is 19.4. The SMILES string of the molecule is O=C(CN1CCOCC1)N1CCC(/C=C/c2ccc(C(F)(F)F)cc2)CC1.O=C(O)C(=O)O. The minimum Gasteiger partial charge on any atom is -0.473 e. The molecule has 0 saturated carbocycles. The number of amides is 1. The molecule has 1 aromatic rings. The zero-order valence-electron chi connectivity index (χ0n) is 18.0. The predicted molar refractivity (Wildman–Crippen MR) is 112 cm³/mol. The minimum atomic E-state index is -4.30. The molecule has 1 aromatic carbocycles. The van der Waals surface area contributed by atoms with Gasteiger partial charge < -0.3 is 19.8 Å². The first-order valence-corrected chi connectivity index (χ1v) is 10.5. The van der Waals surface area contributed by atoms with Gasteiger partial charge in [0.1, 0.15) is 0 Å². The molecule has 2 saturated heterocycles. The number of rotatable bonds is 4. The van der Waals surface area contributed by atoms with E-state index in [9.17, 15) is 18.0 Å². The van der Waals surface area contributed by atoms with Crippen molar-refractivity contribution < 1.29 is 42.5 Å². The summed E-state index contributed by atoms with van der Waals surface area (Å²) in [6.07, 6.45) is 1.38. The summed E-state index contributed by atoms with van der Waals surface area (Å²) in [5.74, 6) is -3.13. The zero-order chi connectivity index (χ0) is 24.4. The average Bonchev–Trinajstić information content (AvgIpc) is 2.79. The lowest BCUT2D eigenvalue weighted by Gasteiger charge is -2.33. The second kappa shape index (κ2) is 12.4. The number of alkyl halides is 3. The Morgan fingerprint density at radius 1 is 0.970 bits per heavy atom. The van der Waals surface area contributed by atoms with E-state index in [0.29, 0.717) is 25.7 Å².